The molecule has 0 aromatic rings. The van der Waals surface area contributed by atoms with E-state index in [1.54, 1.807) is 0 Å². The Kier molecular flexibility index (Phi) is 5.03. The quantitative estimate of drug-likeness (QED) is 0.783. The fraction of sp³-hybridized carbons (Fsp3) is 0.889. The van der Waals surface area contributed by atoms with Gasteiger partial charge in [-0.15, -0.1) is 0 Å². The molecule has 21 heavy (non-hydrogen) atoms. The van der Waals surface area contributed by atoms with Crippen molar-refractivity contribution in [3.8, 4) is 0 Å². The summed E-state index contributed by atoms with van der Waals surface area (Å²) < 4.78 is 5.44. The predicted octanol–water partition coefficient (Wildman–Crippen LogP) is 3.03. The number of hydrogen-bond donors (Lipinski definition) is 2. The molecule has 1 saturated carbocycles. The SMILES string of the molecule is OCC1(CNC2C=CC3(CCCCC3)CC2)CCOCC1. The summed E-state index contributed by atoms with van der Waals surface area (Å²) in [7, 11) is 0. The molecular weight excluding hydrogens is 262 g/mol. The number of rotatable bonds is 4. The van der Waals surface area contributed by atoms with Crippen molar-refractivity contribution in [2.75, 3.05) is 26.4 Å². The Morgan fingerprint density at radius 3 is 2.43 bits per heavy atom. The van der Waals surface area contributed by atoms with E-state index in [0.29, 0.717) is 11.5 Å². The average molecular weight is 293 g/mol. The molecule has 2 fully saturated rings. The van der Waals surface area contributed by atoms with Gasteiger partial charge in [0.2, 0.25) is 0 Å². The highest BCUT2D eigenvalue weighted by Gasteiger charge is 2.35. The zero-order valence-corrected chi connectivity index (χ0v) is 13.3. The molecule has 0 amide bonds. The van der Waals surface area contributed by atoms with Gasteiger partial charge in [0.15, 0.2) is 0 Å². The molecule has 2 aliphatic carbocycles. The molecular formula is C18H31NO2. The van der Waals surface area contributed by atoms with E-state index in [-0.39, 0.29) is 12.0 Å². The summed E-state index contributed by atoms with van der Waals surface area (Å²) in [6.07, 6.45) is 16.5. The minimum atomic E-state index is 0.0477. The smallest absolute Gasteiger partial charge is 0.0501 e. The number of allylic oxidation sites excluding steroid dienone is 1. The van der Waals surface area contributed by atoms with Crippen molar-refractivity contribution in [1.82, 2.24) is 5.32 Å². The Labute approximate surface area is 129 Å². The second-order valence-corrected chi connectivity index (χ2v) is 7.58. The molecule has 120 valence electrons. The van der Waals surface area contributed by atoms with Gasteiger partial charge in [0.05, 0.1) is 6.61 Å². The van der Waals surface area contributed by atoms with Crippen molar-refractivity contribution >= 4 is 0 Å². The maximum atomic E-state index is 9.76. The van der Waals surface area contributed by atoms with Crippen molar-refractivity contribution in [1.29, 1.82) is 0 Å². The lowest BCUT2D eigenvalue weighted by Gasteiger charge is -2.40. The van der Waals surface area contributed by atoms with Crippen molar-refractivity contribution in [2.45, 2.75) is 63.8 Å². The van der Waals surface area contributed by atoms with Crippen LogP contribution in [0.4, 0.5) is 0 Å². The first-order valence-corrected chi connectivity index (χ1v) is 8.87. The lowest BCUT2D eigenvalue weighted by molar-refractivity contribution is -0.0163. The molecule has 0 radical (unpaired) electrons. The third kappa shape index (κ3) is 3.69. The van der Waals surface area contributed by atoms with Gasteiger partial charge in [0.1, 0.15) is 0 Å². The Hall–Kier alpha value is -0.380. The lowest BCUT2D eigenvalue weighted by Crippen LogP contribution is -2.45. The molecule has 1 aliphatic heterocycles. The first-order chi connectivity index (χ1) is 10.3. The van der Waals surface area contributed by atoms with Crippen molar-refractivity contribution < 1.29 is 9.84 Å². The largest absolute Gasteiger partial charge is 0.396 e. The molecule has 3 rings (SSSR count). The zero-order valence-electron chi connectivity index (χ0n) is 13.3. The van der Waals surface area contributed by atoms with E-state index in [1.807, 2.05) is 0 Å². The fourth-order valence-electron chi connectivity index (χ4n) is 4.33. The summed E-state index contributed by atoms with van der Waals surface area (Å²) in [5.74, 6) is 0. The Balaban J connectivity index is 1.51. The summed E-state index contributed by atoms with van der Waals surface area (Å²) in [6.45, 7) is 2.80. The van der Waals surface area contributed by atoms with Crippen LogP contribution < -0.4 is 5.32 Å². The molecule has 1 unspecified atom stereocenters. The van der Waals surface area contributed by atoms with Crippen molar-refractivity contribution in [3.05, 3.63) is 12.2 Å². The summed E-state index contributed by atoms with van der Waals surface area (Å²) in [5, 5.41) is 13.5. The van der Waals surface area contributed by atoms with E-state index in [1.165, 1.54) is 44.9 Å². The van der Waals surface area contributed by atoms with Crippen molar-refractivity contribution in [2.24, 2.45) is 10.8 Å². The highest BCUT2D eigenvalue weighted by molar-refractivity contribution is 5.10. The molecule has 0 aromatic heterocycles. The van der Waals surface area contributed by atoms with Gasteiger partial charge in [-0.1, -0.05) is 31.4 Å². The molecule has 3 heteroatoms. The molecule has 1 saturated heterocycles. The summed E-state index contributed by atoms with van der Waals surface area (Å²) in [6, 6.07) is 0.504. The van der Waals surface area contributed by atoms with Crippen LogP contribution >= 0.6 is 0 Å². The minimum absolute atomic E-state index is 0.0477. The second kappa shape index (κ2) is 6.80. The maximum Gasteiger partial charge on any atom is 0.0501 e. The Morgan fingerprint density at radius 1 is 1.05 bits per heavy atom. The predicted molar refractivity (Wildman–Crippen MR) is 85.3 cm³/mol. The van der Waals surface area contributed by atoms with Crippen LogP contribution in [0.2, 0.25) is 0 Å². The summed E-state index contributed by atoms with van der Waals surface area (Å²) in [4.78, 5) is 0. The average Bonchev–Trinajstić information content (AvgIpc) is 2.56. The highest BCUT2D eigenvalue weighted by atomic mass is 16.5. The lowest BCUT2D eigenvalue weighted by atomic mass is 9.68. The van der Waals surface area contributed by atoms with Gasteiger partial charge in [-0.25, -0.2) is 0 Å². The highest BCUT2D eigenvalue weighted by Crippen LogP contribution is 2.44. The van der Waals surface area contributed by atoms with Crippen LogP contribution in [-0.4, -0.2) is 37.5 Å². The monoisotopic (exact) mass is 293 g/mol. The molecule has 1 atom stereocenters. The molecule has 3 aliphatic rings. The Morgan fingerprint density at radius 2 is 1.81 bits per heavy atom. The van der Waals surface area contributed by atoms with Crippen LogP contribution in [0.5, 0.6) is 0 Å². The van der Waals surface area contributed by atoms with E-state index in [2.05, 4.69) is 17.5 Å². The number of nitrogens with one attached hydrogen (secondary N) is 1. The van der Waals surface area contributed by atoms with E-state index in [4.69, 9.17) is 4.74 Å². The number of ether oxygens (including phenoxy) is 1. The van der Waals surface area contributed by atoms with Gasteiger partial charge in [-0.2, -0.15) is 0 Å². The third-order valence-electron chi connectivity index (χ3n) is 6.11. The van der Waals surface area contributed by atoms with E-state index >= 15 is 0 Å². The van der Waals surface area contributed by atoms with E-state index in [9.17, 15) is 5.11 Å². The topological polar surface area (TPSA) is 41.5 Å². The molecule has 0 bridgehead atoms. The molecule has 1 heterocycles. The van der Waals surface area contributed by atoms with Gasteiger partial charge < -0.3 is 15.2 Å². The fourth-order valence-corrected chi connectivity index (χ4v) is 4.33. The number of aliphatic hydroxyl groups is 1. The summed E-state index contributed by atoms with van der Waals surface area (Å²) in [5.41, 5.74) is 0.579. The normalized spacial score (nSPS) is 31.4. The molecule has 1 spiro atoms. The molecule has 0 aromatic carbocycles. The Bertz CT molecular complexity index is 354. The summed E-state index contributed by atoms with van der Waals surface area (Å²) >= 11 is 0. The van der Waals surface area contributed by atoms with Gasteiger partial charge in [0.25, 0.3) is 0 Å². The first kappa shape index (κ1) is 15.5. The third-order valence-corrected chi connectivity index (χ3v) is 6.11. The van der Waals surface area contributed by atoms with Crippen LogP contribution in [-0.2, 0) is 4.74 Å². The van der Waals surface area contributed by atoms with Crippen LogP contribution in [0.25, 0.3) is 0 Å². The van der Waals surface area contributed by atoms with E-state index in [0.717, 1.165) is 32.6 Å². The van der Waals surface area contributed by atoms with Gasteiger partial charge in [0, 0.05) is 31.2 Å². The number of hydrogen-bond acceptors (Lipinski definition) is 3. The zero-order chi connectivity index (χ0) is 14.6. The van der Waals surface area contributed by atoms with Crippen LogP contribution in [0.1, 0.15) is 57.8 Å². The molecule has 3 nitrogen and oxygen atoms in total. The first-order valence-electron chi connectivity index (χ1n) is 8.87. The van der Waals surface area contributed by atoms with Gasteiger partial charge in [-0.3, -0.25) is 0 Å². The van der Waals surface area contributed by atoms with Crippen LogP contribution in [0.3, 0.4) is 0 Å². The van der Waals surface area contributed by atoms with Gasteiger partial charge >= 0.3 is 0 Å². The number of aliphatic hydroxyl groups excluding tert-OH is 1. The van der Waals surface area contributed by atoms with E-state index < -0.39 is 0 Å². The molecule has 2 N–H and O–H groups in total. The standard InChI is InChI=1S/C18H31NO2/c20-15-18(10-12-21-13-11-18)14-19-16-4-8-17(9-5-16)6-2-1-3-7-17/h4,8,16,19-20H,1-3,5-7,9-15H2. The maximum absolute atomic E-state index is 9.76. The minimum Gasteiger partial charge on any atom is -0.396 e. The van der Waals surface area contributed by atoms with Gasteiger partial charge in [-0.05, 0) is 43.9 Å². The van der Waals surface area contributed by atoms with Crippen molar-refractivity contribution in [3.63, 3.8) is 0 Å². The second-order valence-electron chi connectivity index (χ2n) is 7.58. The van der Waals surface area contributed by atoms with Crippen LogP contribution in [0.15, 0.2) is 12.2 Å². The van der Waals surface area contributed by atoms with Crippen LogP contribution in [0, 0.1) is 10.8 Å².